The fourth-order valence-electron chi connectivity index (χ4n) is 3.95. The van der Waals surface area contributed by atoms with Crippen LogP contribution >= 0.6 is 0 Å². The van der Waals surface area contributed by atoms with Gasteiger partial charge in [0.05, 0.1) is 6.61 Å². The van der Waals surface area contributed by atoms with Crippen molar-refractivity contribution in [3.63, 3.8) is 0 Å². The molecule has 0 saturated heterocycles. The molecule has 0 fully saturated rings. The van der Waals surface area contributed by atoms with Gasteiger partial charge >= 0.3 is 5.97 Å². The number of carboxylic acids is 1. The van der Waals surface area contributed by atoms with E-state index in [1.165, 1.54) is 6.42 Å². The Balaban J connectivity index is 4.76. The smallest absolute Gasteiger partial charge is 0.326 e. The van der Waals surface area contributed by atoms with Crippen LogP contribution in [0.1, 0.15) is 97.3 Å². The fraction of sp³-hybridized carbons (Fsp3) is 0.846. The van der Waals surface area contributed by atoms with Crippen molar-refractivity contribution < 1.29 is 29.4 Å². The van der Waals surface area contributed by atoms with Crippen LogP contribution in [-0.2, 0) is 19.2 Å². The number of nitrogens with two attached hydrogens (primary N) is 2. The predicted octanol–water partition coefficient (Wildman–Crippen LogP) is 1.16. The van der Waals surface area contributed by atoms with Gasteiger partial charge in [-0.05, 0) is 57.5 Å². The van der Waals surface area contributed by atoms with E-state index in [2.05, 4.69) is 16.0 Å². The second kappa shape index (κ2) is 21.8. The number of carbonyl (C=O) groups excluding carboxylic acids is 3. The van der Waals surface area contributed by atoms with Crippen LogP contribution in [0, 0.1) is 5.92 Å². The summed E-state index contributed by atoms with van der Waals surface area (Å²) >= 11 is 0. The molecule has 0 aliphatic carbocycles. The van der Waals surface area contributed by atoms with Crippen LogP contribution in [0.15, 0.2) is 0 Å². The van der Waals surface area contributed by atoms with Gasteiger partial charge in [0.2, 0.25) is 17.7 Å². The molecule has 3 atom stereocenters. The van der Waals surface area contributed by atoms with Crippen molar-refractivity contribution in [2.24, 2.45) is 17.4 Å². The van der Waals surface area contributed by atoms with Crippen LogP contribution < -0.4 is 27.4 Å². The van der Waals surface area contributed by atoms with Crippen molar-refractivity contribution in [2.75, 3.05) is 19.7 Å². The summed E-state index contributed by atoms with van der Waals surface area (Å²) in [6, 6.07) is -3.30. The predicted molar refractivity (Wildman–Crippen MR) is 143 cm³/mol. The summed E-state index contributed by atoms with van der Waals surface area (Å²) in [5.41, 5.74) is 11.0. The molecule has 0 bridgehead atoms. The second-order valence-electron chi connectivity index (χ2n) is 10.0. The van der Waals surface area contributed by atoms with Gasteiger partial charge in [-0.2, -0.15) is 0 Å². The molecule has 37 heavy (non-hydrogen) atoms. The number of carboxylic acid groups (broad SMARTS) is 1. The average Bonchev–Trinajstić information content (AvgIpc) is 2.84. The lowest BCUT2D eigenvalue weighted by molar-refractivity contribution is -0.143. The second-order valence-corrected chi connectivity index (χ2v) is 10.0. The molecule has 0 aromatic rings. The maximum absolute atomic E-state index is 12.8. The Kier molecular flexibility index (Phi) is 20.5. The van der Waals surface area contributed by atoms with Crippen molar-refractivity contribution in [2.45, 2.75) is 115 Å². The number of aliphatic hydroxyl groups excluding tert-OH is 1. The van der Waals surface area contributed by atoms with Gasteiger partial charge in [-0.1, -0.05) is 52.4 Å². The van der Waals surface area contributed by atoms with Crippen LogP contribution in [-0.4, -0.2) is 71.7 Å². The molecule has 0 saturated carbocycles. The van der Waals surface area contributed by atoms with Gasteiger partial charge in [0, 0.05) is 6.42 Å². The highest BCUT2D eigenvalue weighted by atomic mass is 16.4. The van der Waals surface area contributed by atoms with Crippen molar-refractivity contribution in [1.82, 2.24) is 16.0 Å². The number of unbranched alkanes of at least 4 members (excludes halogenated alkanes) is 8. The van der Waals surface area contributed by atoms with Crippen LogP contribution in [0.2, 0.25) is 0 Å². The maximum Gasteiger partial charge on any atom is 0.326 e. The molecule has 11 heteroatoms. The number of rotatable bonds is 23. The largest absolute Gasteiger partial charge is 0.480 e. The van der Waals surface area contributed by atoms with Crippen molar-refractivity contribution in [3.05, 3.63) is 0 Å². The summed E-state index contributed by atoms with van der Waals surface area (Å²) in [4.78, 5) is 49.4. The zero-order valence-corrected chi connectivity index (χ0v) is 22.8. The summed E-state index contributed by atoms with van der Waals surface area (Å²) < 4.78 is 0. The third kappa shape index (κ3) is 17.8. The number of aliphatic carboxylic acids is 1. The topological polar surface area (TPSA) is 197 Å². The van der Waals surface area contributed by atoms with Gasteiger partial charge < -0.3 is 37.6 Å². The van der Waals surface area contributed by atoms with Crippen LogP contribution in [0.3, 0.4) is 0 Å². The summed E-state index contributed by atoms with van der Waals surface area (Å²) in [5, 5.41) is 26.7. The normalized spacial score (nSPS) is 13.6. The van der Waals surface area contributed by atoms with Gasteiger partial charge in [0.15, 0.2) is 0 Å². The summed E-state index contributed by atoms with van der Waals surface area (Å²) in [6.07, 6.45) is 10.2. The van der Waals surface area contributed by atoms with Gasteiger partial charge in [0.25, 0.3) is 0 Å². The first kappa shape index (κ1) is 34.8. The molecule has 216 valence electrons. The SMILES string of the molecule is CC(C)C[C@H](NC(=O)[C@H](CCCCN)NC(=O)[C@H](CO)NC(=O)CCCCCCCCCCN)C(=O)O. The molecule has 0 aliphatic heterocycles. The minimum Gasteiger partial charge on any atom is -0.480 e. The number of carbonyl (C=O) groups is 4. The lowest BCUT2D eigenvalue weighted by Gasteiger charge is -2.24. The third-order valence-electron chi connectivity index (χ3n) is 6.09. The van der Waals surface area contributed by atoms with Crippen LogP contribution in [0.4, 0.5) is 0 Å². The van der Waals surface area contributed by atoms with Crippen LogP contribution in [0.5, 0.6) is 0 Å². The number of hydrogen-bond acceptors (Lipinski definition) is 7. The summed E-state index contributed by atoms with van der Waals surface area (Å²) in [7, 11) is 0. The van der Waals surface area contributed by atoms with Crippen molar-refractivity contribution in [3.8, 4) is 0 Å². The van der Waals surface area contributed by atoms with Gasteiger partial charge in [-0.3, -0.25) is 14.4 Å². The quantitative estimate of drug-likeness (QED) is 0.0957. The lowest BCUT2D eigenvalue weighted by Crippen LogP contribution is -2.56. The zero-order chi connectivity index (χ0) is 28.1. The van der Waals surface area contributed by atoms with Gasteiger partial charge in [0.1, 0.15) is 18.1 Å². The van der Waals surface area contributed by atoms with E-state index in [1.807, 2.05) is 13.8 Å². The molecule has 11 nitrogen and oxygen atoms in total. The molecular weight excluding hydrogens is 478 g/mol. The first-order chi connectivity index (χ1) is 17.7. The van der Waals surface area contributed by atoms with Gasteiger partial charge in [-0.15, -0.1) is 0 Å². The summed E-state index contributed by atoms with van der Waals surface area (Å²) in [5.74, 6) is -2.77. The summed E-state index contributed by atoms with van der Waals surface area (Å²) in [6.45, 7) is 4.22. The van der Waals surface area contributed by atoms with E-state index in [0.29, 0.717) is 25.8 Å². The molecule has 0 heterocycles. The Morgan fingerprint density at radius 1 is 0.676 bits per heavy atom. The Bertz CT molecular complexity index is 661. The Labute approximate surface area is 221 Å². The van der Waals surface area contributed by atoms with E-state index in [-0.39, 0.29) is 31.1 Å². The monoisotopic (exact) mass is 529 g/mol. The third-order valence-corrected chi connectivity index (χ3v) is 6.09. The van der Waals surface area contributed by atoms with E-state index < -0.39 is 42.5 Å². The molecular formula is C26H51N5O6. The van der Waals surface area contributed by atoms with E-state index in [1.54, 1.807) is 0 Å². The van der Waals surface area contributed by atoms with Gasteiger partial charge in [-0.25, -0.2) is 4.79 Å². The molecule has 0 radical (unpaired) electrons. The highest BCUT2D eigenvalue weighted by Gasteiger charge is 2.29. The molecule has 0 spiro atoms. The zero-order valence-electron chi connectivity index (χ0n) is 22.8. The van der Waals surface area contributed by atoms with Crippen molar-refractivity contribution in [1.29, 1.82) is 0 Å². The number of nitrogens with one attached hydrogen (secondary N) is 3. The molecule has 9 N–H and O–H groups in total. The lowest BCUT2D eigenvalue weighted by atomic mass is 10.0. The Hall–Kier alpha value is -2.24. The van der Waals surface area contributed by atoms with E-state index in [9.17, 15) is 29.4 Å². The standard InChI is InChI=1S/C26H51N5O6/c1-19(2)17-21(26(36)37)31-24(34)20(13-10-12-16-28)30-25(35)22(18-32)29-23(33)14-9-7-5-3-4-6-8-11-15-27/h19-22,32H,3-18,27-28H2,1-2H3,(H,29,33)(H,30,35)(H,31,34)(H,36,37)/t20-,21-,22-/m0/s1. The number of amides is 3. The maximum atomic E-state index is 12.8. The fourth-order valence-corrected chi connectivity index (χ4v) is 3.95. The highest BCUT2D eigenvalue weighted by molar-refractivity contribution is 5.93. The van der Waals surface area contributed by atoms with E-state index >= 15 is 0 Å². The number of hydrogen-bond donors (Lipinski definition) is 7. The highest BCUT2D eigenvalue weighted by Crippen LogP contribution is 2.10. The Morgan fingerprint density at radius 3 is 1.68 bits per heavy atom. The average molecular weight is 530 g/mol. The van der Waals surface area contributed by atoms with Crippen LogP contribution in [0.25, 0.3) is 0 Å². The molecule has 0 aliphatic rings. The molecule has 3 amide bonds. The Morgan fingerprint density at radius 2 is 1.16 bits per heavy atom. The van der Waals surface area contributed by atoms with E-state index in [4.69, 9.17) is 11.5 Å². The first-order valence-electron chi connectivity index (χ1n) is 13.8. The minimum absolute atomic E-state index is 0.0435. The molecule has 0 unspecified atom stereocenters. The van der Waals surface area contributed by atoms with Crippen molar-refractivity contribution >= 4 is 23.7 Å². The molecule has 0 aromatic carbocycles. The number of aliphatic hydroxyl groups is 1. The first-order valence-corrected chi connectivity index (χ1v) is 13.8. The molecule has 0 aromatic heterocycles. The van der Waals surface area contributed by atoms with E-state index in [0.717, 1.165) is 45.1 Å². The minimum atomic E-state index is -1.20. The molecule has 0 rings (SSSR count).